The van der Waals surface area contributed by atoms with Gasteiger partial charge in [-0.2, -0.15) is 0 Å². The van der Waals surface area contributed by atoms with Crippen LogP contribution in [0.2, 0.25) is 0 Å². The van der Waals surface area contributed by atoms with Gasteiger partial charge in [0, 0.05) is 6.54 Å². The number of halogens is 2. The Morgan fingerprint density at radius 1 is 1.37 bits per heavy atom. The Kier molecular flexibility index (Phi) is 4.81. The Bertz CT molecular complexity index is 414. The molecular formula is C13H16F2N2O2. The number of amides is 1. The third kappa shape index (κ3) is 3.71. The van der Waals surface area contributed by atoms with Crippen LogP contribution in [-0.4, -0.2) is 43.7 Å². The van der Waals surface area contributed by atoms with Crippen molar-refractivity contribution in [3.63, 3.8) is 0 Å². The first-order chi connectivity index (χ1) is 9.18. The zero-order valence-corrected chi connectivity index (χ0v) is 10.4. The Labute approximate surface area is 110 Å². The average Bonchev–Trinajstić information content (AvgIpc) is 2.77. The second-order valence-electron chi connectivity index (χ2n) is 4.27. The highest BCUT2D eigenvalue weighted by molar-refractivity contribution is 5.85. The summed E-state index contributed by atoms with van der Waals surface area (Å²) in [6.07, 6.45) is -2.47. The minimum Gasteiger partial charge on any atom is -0.374 e. The van der Waals surface area contributed by atoms with E-state index in [1.807, 2.05) is 30.3 Å². The van der Waals surface area contributed by atoms with Gasteiger partial charge in [0.15, 0.2) is 0 Å². The van der Waals surface area contributed by atoms with Crippen molar-refractivity contribution in [3.8, 4) is 0 Å². The lowest BCUT2D eigenvalue weighted by Gasteiger charge is -2.15. The SMILES string of the molecule is O=C1C(c2ccccc2)NCN1CCOCC(F)F. The number of rotatable bonds is 6. The van der Waals surface area contributed by atoms with Crippen LogP contribution in [-0.2, 0) is 9.53 Å². The van der Waals surface area contributed by atoms with E-state index in [1.54, 1.807) is 4.90 Å². The molecule has 1 heterocycles. The summed E-state index contributed by atoms with van der Waals surface area (Å²) in [4.78, 5) is 13.7. The van der Waals surface area contributed by atoms with Crippen LogP contribution in [0, 0.1) is 0 Å². The number of hydrogen-bond donors (Lipinski definition) is 1. The Balaban J connectivity index is 1.81. The zero-order valence-electron chi connectivity index (χ0n) is 10.4. The molecule has 4 nitrogen and oxygen atoms in total. The van der Waals surface area contributed by atoms with E-state index in [0.29, 0.717) is 13.2 Å². The predicted molar refractivity (Wildman–Crippen MR) is 65.7 cm³/mol. The van der Waals surface area contributed by atoms with Gasteiger partial charge in [0.05, 0.1) is 13.3 Å². The topological polar surface area (TPSA) is 41.6 Å². The van der Waals surface area contributed by atoms with Crippen molar-refractivity contribution in [3.05, 3.63) is 35.9 Å². The number of nitrogens with zero attached hydrogens (tertiary/aromatic N) is 1. The van der Waals surface area contributed by atoms with Crippen LogP contribution in [0.15, 0.2) is 30.3 Å². The summed E-state index contributed by atoms with van der Waals surface area (Å²) in [6, 6.07) is 9.05. The van der Waals surface area contributed by atoms with Gasteiger partial charge in [-0.05, 0) is 5.56 Å². The molecule has 1 N–H and O–H groups in total. The smallest absolute Gasteiger partial charge is 0.261 e. The summed E-state index contributed by atoms with van der Waals surface area (Å²) in [7, 11) is 0. The van der Waals surface area contributed by atoms with E-state index in [9.17, 15) is 13.6 Å². The third-order valence-corrected chi connectivity index (χ3v) is 2.93. The van der Waals surface area contributed by atoms with E-state index in [-0.39, 0.29) is 18.6 Å². The number of hydrogen-bond acceptors (Lipinski definition) is 3. The van der Waals surface area contributed by atoms with Crippen LogP contribution in [0.1, 0.15) is 11.6 Å². The fraction of sp³-hybridized carbons (Fsp3) is 0.462. The molecule has 0 aliphatic carbocycles. The van der Waals surface area contributed by atoms with E-state index < -0.39 is 13.0 Å². The molecule has 1 aliphatic heterocycles. The van der Waals surface area contributed by atoms with Crippen molar-refractivity contribution in [2.24, 2.45) is 0 Å². The Hall–Kier alpha value is -1.53. The molecule has 6 heteroatoms. The first-order valence-corrected chi connectivity index (χ1v) is 6.11. The molecule has 1 unspecified atom stereocenters. The molecule has 1 amide bonds. The van der Waals surface area contributed by atoms with E-state index in [4.69, 9.17) is 4.74 Å². The minimum atomic E-state index is -2.47. The van der Waals surface area contributed by atoms with Crippen LogP contribution < -0.4 is 5.32 Å². The number of ether oxygens (including phenoxy) is 1. The number of carbonyl (C=O) groups is 1. The molecule has 19 heavy (non-hydrogen) atoms. The van der Waals surface area contributed by atoms with E-state index in [1.165, 1.54) is 0 Å². The quantitative estimate of drug-likeness (QED) is 0.794. The molecule has 0 aromatic heterocycles. The Morgan fingerprint density at radius 3 is 2.79 bits per heavy atom. The molecule has 1 fully saturated rings. The van der Waals surface area contributed by atoms with Crippen molar-refractivity contribution < 1.29 is 18.3 Å². The van der Waals surface area contributed by atoms with Gasteiger partial charge in [0.1, 0.15) is 12.6 Å². The number of nitrogens with one attached hydrogen (secondary N) is 1. The summed E-state index contributed by atoms with van der Waals surface area (Å²) in [5.41, 5.74) is 0.906. The third-order valence-electron chi connectivity index (χ3n) is 2.93. The molecule has 1 aromatic rings. The van der Waals surface area contributed by atoms with Gasteiger partial charge in [-0.3, -0.25) is 10.1 Å². The van der Waals surface area contributed by atoms with Crippen molar-refractivity contribution in [2.75, 3.05) is 26.4 Å². The lowest BCUT2D eigenvalue weighted by Crippen LogP contribution is -2.30. The van der Waals surface area contributed by atoms with Gasteiger partial charge in [0.2, 0.25) is 5.91 Å². The second-order valence-corrected chi connectivity index (χ2v) is 4.27. The zero-order chi connectivity index (χ0) is 13.7. The standard InChI is InChI=1S/C13H16F2N2O2/c14-11(15)8-19-7-6-17-9-16-12(13(17)18)10-4-2-1-3-5-10/h1-5,11-12,16H,6-9H2. The first-order valence-electron chi connectivity index (χ1n) is 6.11. The first kappa shape index (κ1) is 13.9. The summed E-state index contributed by atoms with van der Waals surface area (Å²) >= 11 is 0. The molecule has 1 saturated heterocycles. The molecule has 0 spiro atoms. The predicted octanol–water partition coefficient (Wildman–Crippen LogP) is 1.40. The Morgan fingerprint density at radius 2 is 2.11 bits per heavy atom. The molecule has 0 radical (unpaired) electrons. The number of carbonyl (C=O) groups excluding carboxylic acids is 1. The van der Waals surface area contributed by atoms with Crippen LogP contribution >= 0.6 is 0 Å². The van der Waals surface area contributed by atoms with Gasteiger partial charge in [-0.1, -0.05) is 30.3 Å². The van der Waals surface area contributed by atoms with Crippen LogP contribution in [0.3, 0.4) is 0 Å². The van der Waals surface area contributed by atoms with E-state index in [0.717, 1.165) is 5.56 Å². The van der Waals surface area contributed by atoms with Gasteiger partial charge >= 0.3 is 0 Å². The summed E-state index contributed by atoms with van der Waals surface area (Å²) in [6.45, 7) is 0.273. The summed E-state index contributed by atoms with van der Waals surface area (Å²) in [5, 5.41) is 3.10. The maximum absolute atomic E-state index is 12.1. The fourth-order valence-corrected chi connectivity index (χ4v) is 1.99. The highest BCUT2D eigenvalue weighted by Gasteiger charge is 2.31. The molecule has 2 rings (SSSR count). The maximum Gasteiger partial charge on any atom is 0.261 e. The highest BCUT2D eigenvalue weighted by atomic mass is 19.3. The van der Waals surface area contributed by atoms with Crippen molar-refractivity contribution >= 4 is 5.91 Å². The monoisotopic (exact) mass is 270 g/mol. The number of benzene rings is 1. The summed E-state index contributed by atoms with van der Waals surface area (Å²) in [5.74, 6) is -0.0492. The normalized spacial score (nSPS) is 19.4. The number of alkyl halides is 2. The minimum absolute atomic E-state index is 0.0492. The molecule has 1 aromatic carbocycles. The van der Waals surface area contributed by atoms with Gasteiger partial charge < -0.3 is 9.64 Å². The highest BCUT2D eigenvalue weighted by Crippen LogP contribution is 2.19. The van der Waals surface area contributed by atoms with Crippen LogP contribution in [0.5, 0.6) is 0 Å². The van der Waals surface area contributed by atoms with Crippen LogP contribution in [0.25, 0.3) is 0 Å². The second kappa shape index (κ2) is 6.58. The van der Waals surface area contributed by atoms with E-state index in [2.05, 4.69) is 5.32 Å². The average molecular weight is 270 g/mol. The largest absolute Gasteiger partial charge is 0.374 e. The molecule has 0 saturated carbocycles. The lowest BCUT2D eigenvalue weighted by atomic mass is 10.1. The van der Waals surface area contributed by atoms with E-state index >= 15 is 0 Å². The molecule has 1 atom stereocenters. The molecule has 1 aliphatic rings. The van der Waals surface area contributed by atoms with Gasteiger partial charge in [-0.15, -0.1) is 0 Å². The van der Waals surface area contributed by atoms with Crippen molar-refractivity contribution in [2.45, 2.75) is 12.5 Å². The molecule has 0 bridgehead atoms. The molecular weight excluding hydrogens is 254 g/mol. The fourth-order valence-electron chi connectivity index (χ4n) is 1.99. The van der Waals surface area contributed by atoms with Gasteiger partial charge in [-0.25, -0.2) is 8.78 Å². The summed E-state index contributed by atoms with van der Waals surface area (Å²) < 4.78 is 28.5. The van der Waals surface area contributed by atoms with Crippen LogP contribution in [0.4, 0.5) is 8.78 Å². The lowest BCUT2D eigenvalue weighted by molar-refractivity contribution is -0.129. The van der Waals surface area contributed by atoms with Gasteiger partial charge in [0.25, 0.3) is 6.43 Å². The van der Waals surface area contributed by atoms with Crippen molar-refractivity contribution in [1.82, 2.24) is 10.2 Å². The van der Waals surface area contributed by atoms with Crippen molar-refractivity contribution in [1.29, 1.82) is 0 Å². The molecule has 104 valence electrons. The maximum atomic E-state index is 12.1.